The predicted octanol–water partition coefficient (Wildman–Crippen LogP) is 3.02. The predicted molar refractivity (Wildman–Crippen MR) is 78.9 cm³/mol. The lowest BCUT2D eigenvalue weighted by atomic mass is 10.3. The number of hydrogen-bond donors (Lipinski definition) is 0. The second kappa shape index (κ2) is 5.41. The molecule has 3 rings (SSSR count). The summed E-state index contributed by atoms with van der Waals surface area (Å²) in [5.41, 5.74) is 2.10. The summed E-state index contributed by atoms with van der Waals surface area (Å²) in [7, 11) is 0. The van der Waals surface area contributed by atoms with Gasteiger partial charge in [-0.15, -0.1) is 11.6 Å². The number of fused-ring (bicyclic) bond motifs is 1. The van der Waals surface area contributed by atoms with Crippen molar-refractivity contribution in [3.63, 3.8) is 0 Å². The van der Waals surface area contributed by atoms with Gasteiger partial charge in [-0.3, -0.25) is 0 Å². The lowest BCUT2D eigenvalue weighted by Crippen LogP contribution is -2.26. The van der Waals surface area contributed by atoms with E-state index in [0.717, 1.165) is 30.2 Å². The second-order valence-corrected chi connectivity index (χ2v) is 5.89. The first-order valence-corrected chi connectivity index (χ1v) is 7.93. The molecule has 0 bridgehead atoms. The van der Waals surface area contributed by atoms with Crippen molar-refractivity contribution in [1.29, 1.82) is 0 Å². The summed E-state index contributed by atoms with van der Waals surface area (Å²) < 4.78 is 2.10. The number of rotatable bonds is 2. The number of nitrogens with zero attached hydrogens (tertiary/aromatic N) is 3. The third-order valence-electron chi connectivity index (χ3n) is 3.26. The molecule has 0 aliphatic carbocycles. The van der Waals surface area contributed by atoms with E-state index in [1.807, 2.05) is 36.2 Å². The molecular formula is C13H16ClN3S. The van der Waals surface area contributed by atoms with Crippen LogP contribution in [0, 0.1) is 0 Å². The Labute approximate surface area is 116 Å². The largest absolute Gasteiger partial charge is 0.354 e. The van der Waals surface area contributed by atoms with Gasteiger partial charge in [-0.05, 0) is 24.3 Å². The van der Waals surface area contributed by atoms with Crippen LogP contribution in [0.25, 0.3) is 5.65 Å². The molecule has 0 saturated carbocycles. The standard InChI is InChI=1S/C13H16ClN3S/c14-10-11-13(16-5-3-8-18-9-7-16)15-12-4-1-2-6-17(11)12/h1-2,4,6H,3,5,7-10H2. The first kappa shape index (κ1) is 12.2. The molecule has 0 amide bonds. The van der Waals surface area contributed by atoms with Crippen molar-refractivity contribution in [2.75, 3.05) is 29.5 Å². The minimum atomic E-state index is 0.504. The SMILES string of the molecule is ClCc1c(N2CCCSCC2)nc2ccccn12. The van der Waals surface area contributed by atoms with Crippen LogP contribution < -0.4 is 4.90 Å². The van der Waals surface area contributed by atoms with Gasteiger partial charge in [0.15, 0.2) is 5.82 Å². The topological polar surface area (TPSA) is 20.5 Å². The average molecular weight is 282 g/mol. The molecule has 0 aromatic carbocycles. The van der Waals surface area contributed by atoms with Gasteiger partial charge in [-0.1, -0.05) is 6.07 Å². The fraction of sp³-hybridized carbons (Fsp3) is 0.462. The minimum absolute atomic E-state index is 0.504. The number of pyridine rings is 1. The number of halogens is 1. The molecule has 0 N–H and O–H groups in total. The molecule has 18 heavy (non-hydrogen) atoms. The smallest absolute Gasteiger partial charge is 0.152 e. The van der Waals surface area contributed by atoms with Gasteiger partial charge in [0.25, 0.3) is 0 Å². The normalized spacial score (nSPS) is 17.1. The zero-order valence-electron chi connectivity index (χ0n) is 10.2. The fourth-order valence-electron chi connectivity index (χ4n) is 2.37. The van der Waals surface area contributed by atoms with Gasteiger partial charge in [-0.2, -0.15) is 11.8 Å². The van der Waals surface area contributed by atoms with Gasteiger partial charge in [0.05, 0.1) is 11.6 Å². The highest BCUT2D eigenvalue weighted by Crippen LogP contribution is 2.25. The number of alkyl halides is 1. The zero-order chi connectivity index (χ0) is 12.4. The summed E-state index contributed by atoms with van der Waals surface area (Å²) in [5, 5.41) is 0. The van der Waals surface area contributed by atoms with E-state index < -0.39 is 0 Å². The zero-order valence-corrected chi connectivity index (χ0v) is 11.8. The summed E-state index contributed by atoms with van der Waals surface area (Å²) in [6.07, 6.45) is 3.26. The number of hydrogen-bond acceptors (Lipinski definition) is 3. The fourth-order valence-corrected chi connectivity index (χ4v) is 3.50. The van der Waals surface area contributed by atoms with E-state index in [2.05, 4.69) is 9.30 Å². The van der Waals surface area contributed by atoms with Gasteiger partial charge in [0, 0.05) is 25.0 Å². The van der Waals surface area contributed by atoms with E-state index in [4.69, 9.17) is 16.6 Å². The Morgan fingerprint density at radius 1 is 1.28 bits per heavy atom. The van der Waals surface area contributed by atoms with Crippen molar-refractivity contribution in [2.45, 2.75) is 12.3 Å². The Morgan fingerprint density at radius 3 is 3.11 bits per heavy atom. The molecule has 1 saturated heterocycles. The highest BCUT2D eigenvalue weighted by molar-refractivity contribution is 7.99. The molecule has 3 heterocycles. The molecule has 0 unspecified atom stereocenters. The molecular weight excluding hydrogens is 266 g/mol. The molecule has 96 valence electrons. The summed E-state index contributed by atoms with van der Waals surface area (Å²) in [6, 6.07) is 6.07. The third-order valence-corrected chi connectivity index (χ3v) is 4.56. The van der Waals surface area contributed by atoms with Gasteiger partial charge >= 0.3 is 0 Å². The summed E-state index contributed by atoms with van der Waals surface area (Å²) in [5.74, 6) is 4.00. The van der Waals surface area contributed by atoms with E-state index in [1.54, 1.807) is 0 Å². The molecule has 2 aromatic heterocycles. The van der Waals surface area contributed by atoms with Crippen LogP contribution in [-0.4, -0.2) is 34.0 Å². The summed E-state index contributed by atoms with van der Waals surface area (Å²) in [4.78, 5) is 7.12. The van der Waals surface area contributed by atoms with E-state index in [-0.39, 0.29) is 0 Å². The minimum Gasteiger partial charge on any atom is -0.354 e. The van der Waals surface area contributed by atoms with Gasteiger partial charge in [-0.25, -0.2) is 4.98 Å². The van der Waals surface area contributed by atoms with E-state index in [1.165, 1.54) is 17.9 Å². The number of aromatic nitrogens is 2. The molecule has 1 aliphatic heterocycles. The Morgan fingerprint density at radius 2 is 2.22 bits per heavy atom. The first-order chi connectivity index (χ1) is 8.90. The molecule has 5 heteroatoms. The van der Waals surface area contributed by atoms with Gasteiger partial charge in [0.2, 0.25) is 0 Å². The monoisotopic (exact) mass is 281 g/mol. The van der Waals surface area contributed by atoms with Crippen molar-refractivity contribution in [3.05, 3.63) is 30.1 Å². The molecule has 0 atom stereocenters. The Hall–Kier alpha value is -0.870. The van der Waals surface area contributed by atoms with Crippen LogP contribution in [0.2, 0.25) is 0 Å². The molecule has 1 aliphatic rings. The van der Waals surface area contributed by atoms with Gasteiger partial charge in [0.1, 0.15) is 5.65 Å². The lowest BCUT2D eigenvalue weighted by molar-refractivity contribution is 0.800. The van der Waals surface area contributed by atoms with Crippen molar-refractivity contribution >= 4 is 34.8 Å². The second-order valence-electron chi connectivity index (χ2n) is 4.40. The van der Waals surface area contributed by atoms with Crippen LogP contribution in [0.4, 0.5) is 5.82 Å². The van der Waals surface area contributed by atoms with Crippen molar-refractivity contribution in [3.8, 4) is 0 Å². The Balaban J connectivity index is 2.04. The third kappa shape index (κ3) is 2.19. The van der Waals surface area contributed by atoms with Crippen molar-refractivity contribution < 1.29 is 0 Å². The maximum atomic E-state index is 6.12. The molecule has 0 radical (unpaired) electrons. The van der Waals surface area contributed by atoms with Crippen LogP contribution in [0.1, 0.15) is 12.1 Å². The lowest BCUT2D eigenvalue weighted by Gasteiger charge is -2.20. The van der Waals surface area contributed by atoms with E-state index >= 15 is 0 Å². The maximum Gasteiger partial charge on any atom is 0.152 e. The quantitative estimate of drug-likeness (QED) is 0.790. The van der Waals surface area contributed by atoms with Crippen molar-refractivity contribution in [2.24, 2.45) is 0 Å². The van der Waals surface area contributed by atoms with Gasteiger partial charge < -0.3 is 9.30 Å². The summed E-state index contributed by atoms with van der Waals surface area (Å²) in [6.45, 7) is 2.15. The molecule has 0 spiro atoms. The number of imidazole rings is 1. The van der Waals surface area contributed by atoms with Crippen LogP contribution in [0.15, 0.2) is 24.4 Å². The Kier molecular flexibility index (Phi) is 3.66. The molecule has 3 nitrogen and oxygen atoms in total. The van der Waals surface area contributed by atoms with E-state index in [0.29, 0.717) is 5.88 Å². The number of anilines is 1. The maximum absolute atomic E-state index is 6.12. The summed E-state index contributed by atoms with van der Waals surface area (Å²) >= 11 is 8.14. The van der Waals surface area contributed by atoms with Crippen LogP contribution in [0.5, 0.6) is 0 Å². The van der Waals surface area contributed by atoms with Crippen LogP contribution in [-0.2, 0) is 5.88 Å². The highest BCUT2D eigenvalue weighted by atomic mass is 35.5. The molecule has 2 aromatic rings. The molecule has 1 fully saturated rings. The van der Waals surface area contributed by atoms with Crippen LogP contribution >= 0.6 is 23.4 Å². The van der Waals surface area contributed by atoms with Crippen molar-refractivity contribution in [1.82, 2.24) is 9.38 Å². The Bertz CT molecular complexity index is 532. The van der Waals surface area contributed by atoms with Crippen LogP contribution in [0.3, 0.4) is 0 Å². The highest BCUT2D eigenvalue weighted by Gasteiger charge is 2.18. The number of thioether (sulfide) groups is 1. The van der Waals surface area contributed by atoms with E-state index in [9.17, 15) is 0 Å². The first-order valence-electron chi connectivity index (χ1n) is 6.25. The average Bonchev–Trinajstić information content (AvgIpc) is 2.59.